The van der Waals surface area contributed by atoms with E-state index in [0.717, 1.165) is 5.56 Å². The van der Waals surface area contributed by atoms with Crippen molar-refractivity contribution >= 4 is 18.2 Å². The number of carbonyl (C=O) groups is 1. The number of aromatic carboxylic acids is 1. The highest BCUT2D eigenvalue weighted by Gasteiger charge is 2.21. The molecule has 96 valence electrons. The SMILES string of the molecule is O=C(O)c1ccc2c(c1)Oc1[nH]c(=S)[nH]c(=O)c1C2. The van der Waals surface area contributed by atoms with Crippen LogP contribution in [-0.2, 0) is 6.42 Å². The standard InChI is InChI=1S/C12H8N2O4S/c15-9-7-3-5-1-2-6(11(16)17)4-8(5)18-10(7)14-12(19)13-9/h1-2,4H,3H2,(H,16,17)(H2,13,14,15,19). The summed E-state index contributed by atoms with van der Waals surface area (Å²) in [5.74, 6) is -0.344. The number of aromatic nitrogens is 2. The van der Waals surface area contributed by atoms with Gasteiger partial charge in [0, 0.05) is 6.42 Å². The van der Waals surface area contributed by atoms with E-state index in [1.807, 2.05) is 0 Å². The van der Waals surface area contributed by atoms with Gasteiger partial charge < -0.3 is 14.8 Å². The molecule has 0 radical (unpaired) electrons. The molecule has 7 heteroatoms. The summed E-state index contributed by atoms with van der Waals surface area (Å²) >= 11 is 4.87. The molecule has 19 heavy (non-hydrogen) atoms. The number of hydrogen-bond donors (Lipinski definition) is 3. The fraction of sp³-hybridized carbons (Fsp3) is 0.0833. The Morgan fingerprint density at radius 3 is 2.89 bits per heavy atom. The number of nitrogens with one attached hydrogen (secondary N) is 2. The lowest BCUT2D eigenvalue weighted by molar-refractivity contribution is 0.0696. The molecule has 0 spiro atoms. The molecule has 0 aliphatic carbocycles. The molecule has 1 aliphatic heterocycles. The number of aromatic amines is 2. The van der Waals surface area contributed by atoms with Gasteiger partial charge in [0.1, 0.15) is 5.75 Å². The van der Waals surface area contributed by atoms with Crippen LogP contribution in [0.4, 0.5) is 0 Å². The first-order chi connectivity index (χ1) is 9.04. The normalized spacial score (nSPS) is 12.2. The number of benzene rings is 1. The molecule has 0 saturated carbocycles. The second-order valence-corrected chi connectivity index (χ2v) is 4.53. The summed E-state index contributed by atoms with van der Waals surface area (Å²) in [6.45, 7) is 0. The lowest BCUT2D eigenvalue weighted by Crippen LogP contribution is -2.19. The number of rotatable bonds is 1. The minimum absolute atomic E-state index is 0.130. The summed E-state index contributed by atoms with van der Waals surface area (Å²) in [7, 11) is 0. The zero-order chi connectivity index (χ0) is 13.6. The Morgan fingerprint density at radius 2 is 2.16 bits per heavy atom. The first-order valence-corrected chi connectivity index (χ1v) is 5.85. The third kappa shape index (κ3) is 1.93. The van der Waals surface area contributed by atoms with Gasteiger partial charge in [-0.1, -0.05) is 6.07 Å². The molecule has 1 aromatic carbocycles. The number of hydrogen-bond acceptors (Lipinski definition) is 4. The summed E-state index contributed by atoms with van der Waals surface area (Å²) in [5, 5.41) is 8.93. The van der Waals surface area contributed by atoms with E-state index in [1.54, 1.807) is 6.07 Å². The summed E-state index contributed by atoms with van der Waals surface area (Å²) < 4.78 is 5.69. The van der Waals surface area contributed by atoms with Gasteiger partial charge in [-0.3, -0.25) is 9.78 Å². The van der Waals surface area contributed by atoms with Crippen LogP contribution in [0.25, 0.3) is 0 Å². The maximum atomic E-state index is 11.8. The van der Waals surface area contributed by atoms with Crippen LogP contribution in [0.3, 0.4) is 0 Å². The zero-order valence-corrected chi connectivity index (χ0v) is 10.3. The van der Waals surface area contributed by atoms with Gasteiger partial charge in [0.05, 0.1) is 11.1 Å². The molecule has 2 aromatic rings. The molecule has 2 heterocycles. The summed E-state index contributed by atoms with van der Waals surface area (Å²) in [6, 6.07) is 4.55. The Bertz CT molecular complexity index is 806. The van der Waals surface area contributed by atoms with E-state index in [4.69, 9.17) is 22.1 Å². The van der Waals surface area contributed by atoms with E-state index in [9.17, 15) is 9.59 Å². The molecule has 0 atom stereocenters. The molecule has 0 saturated heterocycles. The molecule has 0 amide bonds. The van der Waals surface area contributed by atoms with E-state index in [0.29, 0.717) is 17.7 Å². The lowest BCUT2D eigenvalue weighted by Gasteiger charge is -2.19. The van der Waals surface area contributed by atoms with E-state index in [1.165, 1.54) is 12.1 Å². The number of H-pyrrole nitrogens is 2. The monoisotopic (exact) mass is 276 g/mol. The Kier molecular flexibility index (Phi) is 2.49. The predicted octanol–water partition coefficient (Wildman–Crippen LogP) is 1.83. The summed E-state index contributed by atoms with van der Waals surface area (Å²) in [6.07, 6.45) is 0.367. The van der Waals surface area contributed by atoms with Gasteiger partial charge >= 0.3 is 5.97 Å². The van der Waals surface area contributed by atoms with Gasteiger partial charge in [-0.2, -0.15) is 0 Å². The van der Waals surface area contributed by atoms with Crippen molar-refractivity contribution < 1.29 is 14.6 Å². The van der Waals surface area contributed by atoms with Gasteiger partial charge in [0.15, 0.2) is 4.77 Å². The van der Waals surface area contributed by atoms with Crippen LogP contribution < -0.4 is 10.3 Å². The molecule has 3 N–H and O–H groups in total. The summed E-state index contributed by atoms with van der Waals surface area (Å²) in [5.41, 5.74) is 1.04. The van der Waals surface area contributed by atoms with Crippen molar-refractivity contribution in [2.75, 3.05) is 0 Å². The van der Waals surface area contributed by atoms with Crippen molar-refractivity contribution in [1.82, 2.24) is 9.97 Å². The van der Waals surface area contributed by atoms with Crippen LogP contribution in [0.2, 0.25) is 0 Å². The topological polar surface area (TPSA) is 95.2 Å². The quantitative estimate of drug-likeness (QED) is 0.589. The Morgan fingerprint density at radius 1 is 1.37 bits per heavy atom. The average molecular weight is 276 g/mol. The summed E-state index contributed by atoms with van der Waals surface area (Å²) in [4.78, 5) is 27.9. The van der Waals surface area contributed by atoms with Gasteiger partial charge in [-0.15, -0.1) is 0 Å². The molecular weight excluding hydrogens is 268 g/mol. The highest BCUT2D eigenvalue weighted by Crippen LogP contribution is 2.33. The molecule has 0 bridgehead atoms. The van der Waals surface area contributed by atoms with Gasteiger partial charge in [-0.05, 0) is 29.9 Å². The van der Waals surface area contributed by atoms with Crippen molar-refractivity contribution in [1.29, 1.82) is 0 Å². The number of carboxylic acid groups (broad SMARTS) is 1. The van der Waals surface area contributed by atoms with E-state index in [2.05, 4.69) is 9.97 Å². The minimum atomic E-state index is -1.03. The van der Waals surface area contributed by atoms with E-state index < -0.39 is 5.97 Å². The third-order valence-electron chi connectivity index (χ3n) is 2.90. The second-order valence-electron chi connectivity index (χ2n) is 4.12. The molecular formula is C12H8N2O4S. The first kappa shape index (κ1) is 11.7. The van der Waals surface area contributed by atoms with Crippen molar-refractivity contribution in [3.8, 4) is 11.6 Å². The molecule has 1 aliphatic rings. The average Bonchev–Trinajstić information content (AvgIpc) is 2.35. The van der Waals surface area contributed by atoms with Crippen LogP contribution in [0, 0.1) is 4.77 Å². The van der Waals surface area contributed by atoms with Gasteiger partial charge in [-0.25, -0.2) is 4.79 Å². The van der Waals surface area contributed by atoms with Crippen LogP contribution >= 0.6 is 12.2 Å². The minimum Gasteiger partial charge on any atom is -0.478 e. The van der Waals surface area contributed by atoms with Crippen LogP contribution in [0.1, 0.15) is 21.5 Å². The number of fused-ring (bicyclic) bond motifs is 2. The molecule has 1 aromatic heterocycles. The van der Waals surface area contributed by atoms with Gasteiger partial charge in [0.2, 0.25) is 5.88 Å². The van der Waals surface area contributed by atoms with Gasteiger partial charge in [0.25, 0.3) is 5.56 Å². The fourth-order valence-corrected chi connectivity index (χ4v) is 2.15. The number of carboxylic acids is 1. The number of ether oxygens (including phenoxy) is 1. The maximum absolute atomic E-state index is 11.8. The smallest absolute Gasteiger partial charge is 0.335 e. The third-order valence-corrected chi connectivity index (χ3v) is 3.10. The maximum Gasteiger partial charge on any atom is 0.335 e. The lowest BCUT2D eigenvalue weighted by atomic mass is 10.0. The Labute approximate surface area is 111 Å². The van der Waals surface area contributed by atoms with Crippen molar-refractivity contribution in [2.45, 2.75) is 6.42 Å². The van der Waals surface area contributed by atoms with Crippen LogP contribution in [0.15, 0.2) is 23.0 Å². The zero-order valence-electron chi connectivity index (χ0n) is 9.52. The molecule has 0 unspecified atom stereocenters. The molecule has 6 nitrogen and oxygen atoms in total. The highest BCUT2D eigenvalue weighted by atomic mass is 32.1. The van der Waals surface area contributed by atoms with Crippen molar-refractivity contribution in [3.05, 3.63) is 50.0 Å². The van der Waals surface area contributed by atoms with Crippen molar-refractivity contribution in [3.63, 3.8) is 0 Å². The molecule has 3 rings (SSSR count). The highest BCUT2D eigenvalue weighted by molar-refractivity contribution is 7.71. The van der Waals surface area contributed by atoms with Crippen LogP contribution in [0.5, 0.6) is 11.6 Å². The molecule has 0 fully saturated rings. The second kappa shape index (κ2) is 4.06. The predicted molar refractivity (Wildman–Crippen MR) is 68.5 cm³/mol. The van der Waals surface area contributed by atoms with Crippen LogP contribution in [-0.4, -0.2) is 21.0 Å². The Hall–Kier alpha value is -2.41. The van der Waals surface area contributed by atoms with E-state index in [-0.39, 0.29) is 21.8 Å². The fourth-order valence-electron chi connectivity index (χ4n) is 1.97. The van der Waals surface area contributed by atoms with Crippen molar-refractivity contribution in [2.24, 2.45) is 0 Å². The largest absolute Gasteiger partial charge is 0.478 e. The first-order valence-electron chi connectivity index (χ1n) is 5.44. The Balaban J connectivity index is 2.14. The van der Waals surface area contributed by atoms with E-state index >= 15 is 0 Å².